The zero-order valence-electron chi connectivity index (χ0n) is 15.7. The quantitative estimate of drug-likeness (QED) is 0.714. The van der Waals surface area contributed by atoms with Crippen molar-refractivity contribution in [3.8, 4) is 11.1 Å². The molecule has 5 nitrogen and oxygen atoms in total. The molecule has 0 saturated carbocycles. The monoisotopic (exact) mass is 367 g/mol. The smallest absolute Gasteiger partial charge is 0.123 e. The molecular weight excluding hydrogens is 341 g/mol. The molecule has 3 heterocycles. The summed E-state index contributed by atoms with van der Waals surface area (Å²) < 4.78 is 15.3. The van der Waals surface area contributed by atoms with Gasteiger partial charge in [-0.05, 0) is 56.5 Å². The molecule has 1 saturated heterocycles. The van der Waals surface area contributed by atoms with Crippen LogP contribution in [0.25, 0.3) is 11.1 Å². The zero-order chi connectivity index (χ0) is 18.6. The summed E-state index contributed by atoms with van der Waals surface area (Å²) in [4.78, 5) is 2.58. The maximum Gasteiger partial charge on any atom is 0.123 e. The largest absolute Gasteiger partial charge is 0.300 e. The predicted octanol–water partition coefficient (Wildman–Crippen LogP) is 4.07. The molecule has 1 aliphatic heterocycles. The molecule has 3 aromatic rings. The molecule has 1 aliphatic rings. The van der Waals surface area contributed by atoms with Crippen LogP contribution < -0.4 is 0 Å². The minimum absolute atomic E-state index is 0.210. The maximum absolute atomic E-state index is 13.3. The number of aromatic amines is 1. The van der Waals surface area contributed by atoms with Crippen LogP contribution in [0.1, 0.15) is 37.8 Å². The molecule has 1 aromatic carbocycles. The second-order valence-corrected chi connectivity index (χ2v) is 7.45. The summed E-state index contributed by atoms with van der Waals surface area (Å²) in [5.41, 5.74) is 3.28. The Labute approximate surface area is 159 Å². The van der Waals surface area contributed by atoms with Gasteiger partial charge in [-0.15, -0.1) is 0 Å². The van der Waals surface area contributed by atoms with E-state index in [1.807, 2.05) is 41.5 Å². The van der Waals surface area contributed by atoms with Crippen LogP contribution in [0.15, 0.2) is 48.9 Å². The van der Waals surface area contributed by atoms with Crippen molar-refractivity contribution < 1.29 is 4.39 Å². The van der Waals surface area contributed by atoms with Gasteiger partial charge in [0.2, 0.25) is 0 Å². The summed E-state index contributed by atoms with van der Waals surface area (Å²) in [6.07, 6.45) is 9.13. The zero-order valence-corrected chi connectivity index (χ0v) is 15.7. The van der Waals surface area contributed by atoms with E-state index in [-0.39, 0.29) is 5.82 Å². The summed E-state index contributed by atoms with van der Waals surface area (Å²) in [6, 6.07) is 9.16. The van der Waals surface area contributed by atoms with E-state index in [4.69, 9.17) is 0 Å². The predicted molar refractivity (Wildman–Crippen MR) is 104 cm³/mol. The maximum atomic E-state index is 13.3. The average molecular weight is 367 g/mol. The molecule has 1 N–H and O–H groups in total. The molecule has 2 atom stereocenters. The number of hydrogen-bond acceptors (Lipinski definition) is 3. The Balaban J connectivity index is 1.44. The number of nitrogens with one attached hydrogen (secondary N) is 1. The SMILES string of the molecule is CC(CCn1cccn1)N1CCCC(c2[nH]ncc2-c2ccc(F)cc2)C1. The second kappa shape index (κ2) is 8.05. The van der Waals surface area contributed by atoms with Crippen LogP contribution in [0.3, 0.4) is 0 Å². The minimum atomic E-state index is -0.210. The molecule has 2 unspecified atom stereocenters. The lowest BCUT2D eigenvalue weighted by atomic mass is 9.89. The Morgan fingerprint density at radius 2 is 2.15 bits per heavy atom. The normalized spacial score (nSPS) is 19.3. The first kappa shape index (κ1) is 17.9. The van der Waals surface area contributed by atoms with Crippen molar-refractivity contribution in [1.82, 2.24) is 24.9 Å². The molecule has 142 valence electrons. The van der Waals surface area contributed by atoms with Crippen LogP contribution in [0, 0.1) is 5.82 Å². The van der Waals surface area contributed by atoms with E-state index < -0.39 is 0 Å². The molecule has 6 heteroatoms. The number of aromatic nitrogens is 4. The van der Waals surface area contributed by atoms with E-state index in [0.717, 1.165) is 43.6 Å². The topological polar surface area (TPSA) is 49.7 Å². The number of H-pyrrole nitrogens is 1. The van der Waals surface area contributed by atoms with E-state index >= 15 is 0 Å². The van der Waals surface area contributed by atoms with Gasteiger partial charge >= 0.3 is 0 Å². The van der Waals surface area contributed by atoms with Crippen LogP contribution in [-0.2, 0) is 6.54 Å². The second-order valence-electron chi connectivity index (χ2n) is 7.45. The number of benzene rings is 1. The van der Waals surface area contributed by atoms with Gasteiger partial charge in [-0.1, -0.05) is 12.1 Å². The first-order valence-corrected chi connectivity index (χ1v) is 9.71. The molecule has 27 heavy (non-hydrogen) atoms. The number of hydrogen-bond donors (Lipinski definition) is 1. The Morgan fingerprint density at radius 3 is 2.93 bits per heavy atom. The molecule has 1 fully saturated rings. The van der Waals surface area contributed by atoms with Crippen molar-refractivity contribution in [1.29, 1.82) is 0 Å². The van der Waals surface area contributed by atoms with E-state index in [1.54, 1.807) is 0 Å². The minimum Gasteiger partial charge on any atom is -0.300 e. The third-order valence-corrected chi connectivity index (χ3v) is 5.64. The summed E-state index contributed by atoms with van der Waals surface area (Å²) >= 11 is 0. The Bertz CT molecular complexity index is 840. The first-order valence-electron chi connectivity index (χ1n) is 9.71. The fourth-order valence-corrected chi connectivity index (χ4v) is 4.04. The van der Waals surface area contributed by atoms with Gasteiger partial charge in [-0.2, -0.15) is 10.2 Å². The highest BCUT2D eigenvalue weighted by molar-refractivity contribution is 5.65. The lowest BCUT2D eigenvalue weighted by molar-refractivity contribution is 0.146. The molecule has 0 amide bonds. The highest BCUT2D eigenvalue weighted by Crippen LogP contribution is 2.33. The van der Waals surface area contributed by atoms with Gasteiger partial charge in [-0.25, -0.2) is 4.39 Å². The van der Waals surface area contributed by atoms with Crippen LogP contribution in [0.4, 0.5) is 4.39 Å². The molecule has 0 aliphatic carbocycles. The summed E-state index contributed by atoms with van der Waals surface area (Å²) in [7, 11) is 0. The van der Waals surface area contributed by atoms with Crippen molar-refractivity contribution in [3.05, 3.63) is 60.4 Å². The van der Waals surface area contributed by atoms with Gasteiger partial charge in [0.1, 0.15) is 5.82 Å². The van der Waals surface area contributed by atoms with Crippen LogP contribution in [-0.4, -0.2) is 44.0 Å². The average Bonchev–Trinajstić information content (AvgIpc) is 3.39. The fourth-order valence-electron chi connectivity index (χ4n) is 4.04. The summed E-state index contributed by atoms with van der Waals surface area (Å²) in [5, 5.41) is 11.8. The third kappa shape index (κ3) is 4.11. The van der Waals surface area contributed by atoms with Gasteiger partial charge in [0.25, 0.3) is 0 Å². The van der Waals surface area contributed by atoms with Gasteiger partial charge in [0, 0.05) is 48.7 Å². The number of nitrogens with zero attached hydrogens (tertiary/aromatic N) is 4. The Kier molecular flexibility index (Phi) is 5.34. The van der Waals surface area contributed by atoms with Crippen molar-refractivity contribution in [3.63, 3.8) is 0 Å². The number of halogens is 1. The fraction of sp³-hybridized carbons (Fsp3) is 0.429. The number of aryl methyl sites for hydroxylation is 1. The molecule has 4 rings (SSSR count). The lowest BCUT2D eigenvalue weighted by Crippen LogP contribution is -2.41. The molecule has 2 aromatic heterocycles. The molecule has 0 radical (unpaired) electrons. The van der Waals surface area contributed by atoms with Crippen molar-refractivity contribution in [2.45, 2.75) is 44.7 Å². The van der Waals surface area contributed by atoms with E-state index in [1.165, 1.54) is 24.2 Å². The van der Waals surface area contributed by atoms with Gasteiger partial charge < -0.3 is 0 Å². The van der Waals surface area contributed by atoms with Crippen molar-refractivity contribution in [2.24, 2.45) is 0 Å². The van der Waals surface area contributed by atoms with Gasteiger partial charge in [0.05, 0.1) is 6.20 Å². The summed E-state index contributed by atoms with van der Waals surface area (Å²) in [5.74, 6) is 0.215. The van der Waals surface area contributed by atoms with E-state index in [2.05, 4.69) is 27.1 Å². The molecule has 0 bridgehead atoms. The van der Waals surface area contributed by atoms with Crippen LogP contribution >= 0.6 is 0 Å². The number of piperidine rings is 1. The highest BCUT2D eigenvalue weighted by Gasteiger charge is 2.27. The van der Waals surface area contributed by atoms with E-state index in [0.29, 0.717) is 12.0 Å². The number of likely N-dealkylation sites (tertiary alicyclic amines) is 1. The van der Waals surface area contributed by atoms with Crippen LogP contribution in [0.2, 0.25) is 0 Å². The summed E-state index contributed by atoms with van der Waals surface area (Å²) in [6.45, 7) is 5.41. The lowest BCUT2D eigenvalue weighted by Gasteiger charge is -2.37. The van der Waals surface area contributed by atoms with Crippen molar-refractivity contribution in [2.75, 3.05) is 13.1 Å². The highest BCUT2D eigenvalue weighted by atomic mass is 19.1. The molecule has 0 spiro atoms. The first-order chi connectivity index (χ1) is 13.2. The number of rotatable bonds is 6. The Morgan fingerprint density at radius 1 is 1.30 bits per heavy atom. The third-order valence-electron chi connectivity index (χ3n) is 5.64. The standard InChI is InChI=1S/C21H26FN5/c1-16(9-13-27-12-3-10-24-27)26-11-2-4-18(15-26)21-20(14-23-25-21)17-5-7-19(22)8-6-17/h3,5-8,10,12,14,16,18H,2,4,9,11,13,15H2,1H3,(H,23,25). The Hall–Kier alpha value is -2.47. The van der Waals surface area contributed by atoms with Crippen LogP contribution in [0.5, 0.6) is 0 Å². The van der Waals surface area contributed by atoms with E-state index in [9.17, 15) is 4.39 Å². The van der Waals surface area contributed by atoms with Gasteiger partial charge in [-0.3, -0.25) is 14.7 Å². The molecular formula is C21H26FN5. The van der Waals surface area contributed by atoms with Gasteiger partial charge in [0.15, 0.2) is 0 Å². The van der Waals surface area contributed by atoms with Crippen molar-refractivity contribution >= 4 is 0 Å².